The van der Waals surface area contributed by atoms with E-state index >= 15 is 0 Å². The molecule has 1 saturated heterocycles. The Balaban J connectivity index is 1.61. The first-order valence-corrected chi connectivity index (χ1v) is 8.44. The molecule has 1 heterocycles. The molecule has 1 unspecified atom stereocenters. The molecule has 0 aliphatic carbocycles. The van der Waals surface area contributed by atoms with Crippen molar-refractivity contribution in [2.75, 3.05) is 45.9 Å². The monoisotopic (exact) mass is 306 g/mol. The molecule has 1 aromatic rings. The molecule has 1 aliphatic rings. The van der Waals surface area contributed by atoms with Gasteiger partial charge in [-0.1, -0.05) is 32.0 Å². The van der Waals surface area contributed by atoms with E-state index in [2.05, 4.69) is 23.6 Å². The number of hydrogen-bond donors (Lipinski definition) is 1. The van der Waals surface area contributed by atoms with Gasteiger partial charge in [0.05, 0.1) is 0 Å². The molecule has 22 heavy (non-hydrogen) atoms. The quantitative estimate of drug-likeness (QED) is 0.798. The van der Waals surface area contributed by atoms with E-state index in [9.17, 15) is 5.11 Å². The Kier molecular flexibility index (Phi) is 7.16. The Morgan fingerprint density at radius 3 is 2.32 bits per heavy atom. The number of hydrogen-bond acceptors (Lipinski definition) is 4. The number of benzene rings is 1. The van der Waals surface area contributed by atoms with Crippen LogP contribution in [0.5, 0.6) is 5.75 Å². The average molecular weight is 306 g/mol. The van der Waals surface area contributed by atoms with Crippen molar-refractivity contribution >= 4 is 0 Å². The van der Waals surface area contributed by atoms with Crippen LogP contribution in [-0.2, 0) is 0 Å². The summed E-state index contributed by atoms with van der Waals surface area (Å²) in [6, 6.07) is 9.68. The van der Waals surface area contributed by atoms with Crippen molar-refractivity contribution in [2.45, 2.75) is 26.4 Å². The molecule has 124 valence electrons. The smallest absolute Gasteiger partial charge is 0.119 e. The maximum Gasteiger partial charge on any atom is 0.119 e. The van der Waals surface area contributed by atoms with Gasteiger partial charge in [-0.2, -0.15) is 0 Å². The number of ether oxygens (including phenoxy) is 1. The molecule has 1 N–H and O–H groups in total. The van der Waals surface area contributed by atoms with Crippen LogP contribution in [0.3, 0.4) is 0 Å². The third kappa shape index (κ3) is 6.34. The van der Waals surface area contributed by atoms with E-state index in [1.54, 1.807) is 0 Å². The molecule has 0 saturated carbocycles. The summed E-state index contributed by atoms with van der Waals surface area (Å²) in [4.78, 5) is 4.87. The lowest BCUT2D eigenvalue weighted by atomic mass is 10.1. The standard InChI is InChI=1S/C18H30N2O2/c1-16(2)8-9-19-10-12-20(13-11-19)14-17(21)15-22-18-6-4-3-5-7-18/h3-7,16-17,21H,8-15H2,1-2H3. The summed E-state index contributed by atoms with van der Waals surface area (Å²) in [5.41, 5.74) is 0. The fourth-order valence-corrected chi connectivity index (χ4v) is 2.70. The zero-order chi connectivity index (χ0) is 15.8. The Bertz CT molecular complexity index is 403. The van der Waals surface area contributed by atoms with Gasteiger partial charge in [0.1, 0.15) is 18.5 Å². The van der Waals surface area contributed by atoms with Gasteiger partial charge in [-0.15, -0.1) is 0 Å². The highest BCUT2D eigenvalue weighted by Gasteiger charge is 2.19. The van der Waals surface area contributed by atoms with E-state index in [-0.39, 0.29) is 0 Å². The topological polar surface area (TPSA) is 35.9 Å². The first-order chi connectivity index (χ1) is 10.6. The maximum atomic E-state index is 10.1. The SMILES string of the molecule is CC(C)CCN1CCN(CC(O)COc2ccccc2)CC1. The summed E-state index contributed by atoms with van der Waals surface area (Å²) in [7, 11) is 0. The van der Waals surface area contributed by atoms with Crippen molar-refractivity contribution < 1.29 is 9.84 Å². The normalized spacial score (nSPS) is 18.5. The summed E-state index contributed by atoms with van der Waals surface area (Å²) < 4.78 is 5.61. The molecule has 0 radical (unpaired) electrons. The van der Waals surface area contributed by atoms with Gasteiger partial charge in [-0.3, -0.25) is 4.90 Å². The Hall–Kier alpha value is -1.10. The highest BCUT2D eigenvalue weighted by Crippen LogP contribution is 2.10. The fourth-order valence-electron chi connectivity index (χ4n) is 2.70. The molecule has 1 aromatic carbocycles. The molecule has 1 aliphatic heterocycles. The number of para-hydroxylation sites is 1. The van der Waals surface area contributed by atoms with Crippen molar-refractivity contribution in [1.82, 2.24) is 9.80 Å². The highest BCUT2D eigenvalue weighted by atomic mass is 16.5. The zero-order valence-electron chi connectivity index (χ0n) is 13.9. The molecule has 1 fully saturated rings. The largest absolute Gasteiger partial charge is 0.491 e. The summed E-state index contributed by atoms with van der Waals surface area (Å²) in [6.07, 6.45) is 0.843. The summed E-state index contributed by atoms with van der Waals surface area (Å²) in [5, 5.41) is 10.1. The zero-order valence-corrected chi connectivity index (χ0v) is 13.9. The van der Waals surface area contributed by atoms with Crippen LogP contribution in [0.25, 0.3) is 0 Å². The second kappa shape index (κ2) is 9.13. The molecule has 2 rings (SSSR count). The molecule has 0 spiro atoms. The van der Waals surface area contributed by atoms with Gasteiger partial charge in [0.2, 0.25) is 0 Å². The van der Waals surface area contributed by atoms with Crippen LogP contribution in [0.2, 0.25) is 0 Å². The second-order valence-electron chi connectivity index (χ2n) is 6.60. The molecule has 0 bridgehead atoms. The number of nitrogens with zero attached hydrogens (tertiary/aromatic N) is 2. The predicted octanol–water partition coefficient (Wildman–Crippen LogP) is 2.09. The van der Waals surface area contributed by atoms with Crippen LogP contribution in [0.1, 0.15) is 20.3 Å². The number of β-amino-alcohol motifs (C(OH)–C–C–N with tert-alkyl or cyclic N) is 1. The van der Waals surface area contributed by atoms with Crippen LogP contribution in [0.4, 0.5) is 0 Å². The van der Waals surface area contributed by atoms with Gasteiger partial charge in [0.25, 0.3) is 0 Å². The van der Waals surface area contributed by atoms with E-state index in [1.807, 2.05) is 30.3 Å². The summed E-state index contributed by atoms with van der Waals surface area (Å²) >= 11 is 0. The van der Waals surface area contributed by atoms with E-state index in [4.69, 9.17) is 4.74 Å². The molecule has 1 atom stereocenters. The van der Waals surface area contributed by atoms with Crippen molar-refractivity contribution in [2.24, 2.45) is 5.92 Å². The van der Waals surface area contributed by atoms with Gasteiger partial charge < -0.3 is 14.7 Å². The lowest BCUT2D eigenvalue weighted by Crippen LogP contribution is -2.49. The first-order valence-electron chi connectivity index (χ1n) is 8.44. The molecular weight excluding hydrogens is 276 g/mol. The predicted molar refractivity (Wildman–Crippen MR) is 90.3 cm³/mol. The number of rotatable bonds is 8. The summed E-state index contributed by atoms with van der Waals surface area (Å²) in [5.74, 6) is 1.59. The lowest BCUT2D eigenvalue weighted by molar-refractivity contribution is 0.0453. The van der Waals surface area contributed by atoms with E-state index in [1.165, 1.54) is 13.0 Å². The molecule has 4 heteroatoms. The van der Waals surface area contributed by atoms with Crippen LogP contribution >= 0.6 is 0 Å². The van der Waals surface area contributed by atoms with Gasteiger partial charge in [-0.25, -0.2) is 0 Å². The third-order valence-electron chi connectivity index (χ3n) is 4.14. The Morgan fingerprint density at radius 1 is 1.05 bits per heavy atom. The second-order valence-corrected chi connectivity index (χ2v) is 6.60. The van der Waals surface area contributed by atoms with Crippen LogP contribution < -0.4 is 4.74 Å². The highest BCUT2D eigenvalue weighted by molar-refractivity contribution is 5.20. The number of aliphatic hydroxyl groups is 1. The minimum Gasteiger partial charge on any atom is -0.491 e. The van der Waals surface area contributed by atoms with Crippen LogP contribution in [0.15, 0.2) is 30.3 Å². The minimum absolute atomic E-state index is 0.359. The van der Waals surface area contributed by atoms with Crippen molar-refractivity contribution in [3.05, 3.63) is 30.3 Å². The lowest BCUT2D eigenvalue weighted by Gasteiger charge is -2.35. The van der Waals surface area contributed by atoms with Crippen LogP contribution in [-0.4, -0.2) is 66.9 Å². The number of aliphatic hydroxyl groups excluding tert-OH is 1. The maximum absolute atomic E-state index is 10.1. The van der Waals surface area contributed by atoms with Gasteiger partial charge in [-0.05, 0) is 31.0 Å². The Morgan fingerprint density at radius 2 is 1.68 bits per heavy atom. The molecule has 0 amide bonds. The van der Waals surface area contributed by atoms with Gasteiger partial charge >= 0.3 is 0 Å². The van der Waals surface area contributed by atoms with Crippen molar-refractivity contribution in [1.29, 1.82) is 0 Å². The average Bonchev–Trinajstić information content (AvgIpc) is 2.53. The van der Waals surface area contributed by atoms with Gasteiger partial charge in [0, 0.05) is 32.7 Å². The summed E-state index contributed by atoms with van der Waals surface area (Å²) in [6.45, 7) is 11.1. The fraction of sp³-hybridized carbons (Fsp3) is 0.667. The van der Waals surface area contributed by atoms with Crippen molar-refractivity contribution in [3.8, 4) is 5.75 Å². The Labute approximate surface area is 134 Å². The molecule has 4 nitrogen and oxygen atoms in total. The van der Waals surface area contributed by atoms with Gasteiger partial charge in [0.15, 0.2) is 0 Å². The first kappa shape index (κ1) is 17.3. The number of piperazine rings is 1. The third-order valence-corrected chi connectivity index (χ3v) is 4.14. The minimum atomic E-state index is -0.428. The molecule has 0 aromatic heterocycles. The van der Waals surface area contributed by atoms with Crippen LogP contribution in [0, 0.1) is 5.92 Å². The van der Waals surface area contributed by atoms with E-state index < -0.39 is 6.10 Å². The molecular formula is C18H30N2O2. The van der Waals surface area contributed by atoms with E-state index in [0.717, 1.165) is 37.8 Å². The van der Waals surface area contributed by atoms with Crippen molar-refractivity contribution in [3.63, 3.8) is 0 Å². The van der Waals surface area contributed by atoms with E-state index in [0.29, 0.717) is 13.2 Å².